The summed E-state index contributed by atoms with van der Waals surface area (Å²) in [6.07, 6.45) is 2.94. The van der Waals surface area contributed by atoms with Crippen molar-refractivity contribution in [1.82, 2.24) is 4.98 Å². The fourth-order valence-electron chi connectivity index (χ4n) is 3.09. The highest BCUT2D eigenvalue weighted by molar-refractivity contribution is 7.18. The van der Waals surface area contributed by atoms with Gasteiger partial charge in [0, 0.05) is 10.4 Å². The number of nitrogens with zero attached hydrogens (tertiary/aromatic N) is 2. The summed E-state index contributed by atoms with van der Waals surface area (Å²) >= 11 is 2.76. The van der Waals surface area contributed by atoms with Gasteiger partial charge in [-0.1, -0.05) is 0 Å². The van der Waals surface area contributed by atoms with Crippen molar-refractivity contribution in [2.75, 3.05) is 5.32 Å². The maximum atomic E-state index is 13.1. The molecule has 3 aromatic rings. The number of halogens is 1. The van der Waals surface area contributed by atoms with Gasteiger partial charge in [-0.05, 0) is 56.0 Å². The van der Waals surface area contributed by atoms with E-state index in [1.54, 1.807) is 19.1 Å². The molecule has 2 aromatic heterocycles. The number of nitrogens with one attached hydrogen (secondary N) is 1. The quantitative estimate of drug-likeness (QED) is 0.697. The van der Waals surface area contributed by atoms with Crippen molar-refractivity contribution in [3.05, 3.63) is 56.7 Å². The number of thiazole rings is 1. The number of amides is 1. The average Bonchev–Trinajstić information content (AvgIpc) is 3.29. The summed E-state index contributed by atoms with van der Waals surface area (Å²) in [6, 6.07) is 8.27. The number of anilines is 1. The van der Waals surface area contributed by atoms with E-state index in [2.05, 4.69) is 16.4 Å². The minimum Gasteiger partial charge on any atom is -0.312 e. The van der Waals surface area contributed by atoms with Crippen LogP contribution in [0.25, 0.3) is 10.6 Å². The zero-order valence-electron chi connectivity index (χ0n) is 13.9. The molecule has 26 heavy (non-hydrogen) atoms. The highest BCUT2D eigenvalue weighted by Gasteiger charge is 2.24. The molecule has 1 aliphatic rings. The van der Waals surface area contributed by atoms with Crippen LogP contribution in [-0.4, -0.2) is 10.9 Å². The Morgan fingerprint density at radius 3 is 2.77 bits per heavy atom. The fourth-order valence-corrected chi connectivity index (χ4v) is 5.30. The Morgan fingerprint density at radius 2 is 2.04 bits per heavy atom. The number of fused-ring (bicyclic) bond motifs is 1. The standard InChI is InChI=1S/C19H14FN3OS2/c1-10-16(26-18(22-10)11-5-7-12(20)8-6-11)17(24)23-19-14(9-21)13-3-2-4-15(13)25-19/h5-8H,2-4H2,1H3,(H,23,24). The van der Waals surface area contributed by atoms with Crippen LogP contribution in [0, 0.1) is 24.1 Å². The first-order chi connectivity index (χ1) is 12.6. The molecule has 1 aliphatic carbocycles. The average molecular weight is 383 g/mol. The van der Waals surface area contributed by atoms with Crippen LogP contribution >= 0.6 is 22.7 Å². The number of thiophene rings is 1. The van der Waals surface area contributed by atoms with Crippen molar-refractivity contribution in [3.8, 4) is 16.6 Å². The Morgan fingerprint density at radius 1 is 1.27 bits per heavy atom. The molecule has 7 heteroatoms. The molecule has 0 aliphatic heterocycles. The smallest absolute Gasteiger partial charge is 0.268 e. The summed E-state index contributed by atoms with van der Waals surface area (Å²) in [5.41, 5.74) is 3.07. The number of hydrogen-bond acceptors (Lipinski definition) is 5. The van der Waals surface area contributed by atoms with Gasteiger partial charge >= 0.3 is 0 Å². The molecule has 0 saturated carbocycles. The lowest BCUT2D eigenvalue weighted by molar-refractivity contribution is 0.103. The first kappa shape index (κ1) is 16.9. The molecule has 0 fully saturated rings. The molecule has 0 unspecified atom stereocenters. The van der Waals surface area contributed by atoms with E-state index in [9.17, 15) is 14.4 Å². The summed E-state index contributed by atoms with van der Waals surface area (Å²) in [5.74, 6) is -0.570. The molecule has 2 heterocycles. The van der Waals surface area contributed by atoms with Crippen LogP contribution in [0.1, 0.15) is 37.8 Å². The maximum absolute atomic E-state index is 13.1. The molecular formula is C19H14FN3OS2. The van der Waals surface area contributed by atoms with Crippen LogP contribution < -0.4 is 5.32 Å². The molecule has 0 atom stereocenters. The van der Waals surface area contributed by atoms with Crippen LogP contribution in [0.5, 0.6) is 0 Å². The largest absolute Gasteiger partial charge is 0.312 e. The van der Waals surface area contributed by atoms with E-state index in [-0.39, 0.29) is 11.7 Å². The second-order valence-electron chi connectivity index (χ2n) is 6.07. The third kappa shape index (κ3) is 2.91. The summed E-state index contributed by atoms with van der Waals surface area (Å²) in [4.78, 5) is 18.9. The van der Waals surface area contributed by atoms with E-state index in [4.69, 9.17) is 0 Å². The van der Waals surface area contributed by atoms with E-state index < -0.39 is 0 Å². The van der Waals surface area contributed by atoms with Crippen LogP contribution in [0.15, 0.2) is 24.3 Å². The summed E-state index contributed by atoms with van der Waals surface area (Å²) in [6.45, 7) is 1.78. The van der Waals surface area contributed by atoms with Crippen molar-refractivity contribution in [1.29, 1.82) is 5.26 Å². The minimum absolute atomic E-state index is 0.259. The maximum Gasteiger partial charge on any atom is 0.268 e. The Kier molecular flexibility index (Phi) is 4.31. The molecule has 4 nitrogen and oxygen atoms in total. The molecule has 0 spiro atoms. The van der Waals surface area contributed by atoms with E-state index in [1.807, 2.05) is 0 Å². The minimum atomic E-state index is -0.310. The van der Waals surface area contributed by atoms with Crippen molar-refractivity contribution in [2.45, 2.75) is 26.2 Å². The van der Waals surface area contributed by atoms with Gasteiger partial charge in [-0.2, -0.15) is 5.26 Å². The third-order valence-corrected chi connectivity index (χ3v) is 6.77. The predicted octanol–water partition coefficient (Wildman–Crippen LogP) is 4.93. The number of aryl methyl sites for hydroxylation is 2. The second kappa shape index (κ2) is 6.63. The lowest BCUT2D eigenvalue weighted by atomic mass is 10.1. The molecule has 130 valence electrons. The monoisotopic (exact) mass is 383 g/mol. The number of rotatable bonds is 3. The van der Waals surface area contributed by atoms with Gasteiger partial charge in [0.25, 0.3) is 5.91 Å². The van der Waals surface area contributed by atoms with Crippen LogP contribution in [0.3, 0.4) is 0 Å². The highest BCUT2D eigenvalue weighted by atomic mass is 32.1. The summed E-state index contributed by atoms with van der Waals surface area (Å²) < 4.78 is 13.1. The Bertz CT molecular complexity index is 1040. The van der Waals surface area contributed by atoms with Crippen LogP contribution in [-0.2, 0) is 12.8 Å². The second-order valence-corrected chi connectivity index (χ2v) is 8.17. The molecular weight excluding hydrogens is 369 g/mol. The van der Waals surface area contributed by atoms with Crippen LogP contribution in [0.4, 0.5) is 9.39 Å². The number of nitriles is 1. The molecule has 1 aromatic carbocycles. The van der Waals surface area contributed by atoms with E-state index in [0.717, 1.165) is 30.4 Å². The third-order valence-electron chi connectivity index (χ3n) is 4.35. The summed E-state index contributed by atoms with van der Waals surface area (Å²) in [5, 5.41) is 13.6. The van der Waals surface area contributed by atoms with Crippen molar-refractivity contribution in [3.63, 3.8) is 0 Å². The van der Waals surface area contributed by atoms with Gasteiger partial charge in [-0.25, -0.2) is 9.37 Å². The van der Waals surface area contributed by atoms with Gasteiger partial charge in [0.05, 0.1) is 11.3 Å². The van der Waals surface area contributed by atoms with E-state index in [0.29, 0.717) is 26.1 Å². The van der Waals surface area contributed by atoms with Gasteiger partial charge in [0.1, 0.15) is 26.8 Å². The number of benzene rings is 1. The van der Waals surface area contributed by atoms with Crippen molar-refractivity contribution < 1.29 is 9.18 Å². The zero-order chi connectivity index (χ0) is 18.3. The van der Waals surface area contributed by atoms with Crippen LogP contribution in [0.2, 0.25) is 0 Å². The van der Waals surface area contributed by atoms with E-state index >= 15 is 0 Å². The Balaban J connectivity index is 1.62. The molecule has 4 rings (SSSR count). The van der Waals surface area contributed by atoms with Crippen molar-refractivity contribution >= 4 is 33.6 Å². The molecule has 1 amide bonds. The lowest BCUT2D eigenvalue weighted by Crippen LogP contribution is -2.11. The fraction of sp³-hybridized carbons (Fsp3) is 0.211. The lowest BCUT2D eigenvalue weighted by Gasteiger charge is -2.02. The zero-order valence-corrected chi connectivity index (χ0v) is 15.6. The van der Waals surface area contributed by atoms with Gasteiger partial charge in [-0.15, -0.1) is 22.7 Å². The van der Waals surface area contributed by atoms with Crippen molar-refractivity contribution in [2.24, 2.45) is 0 Å². The van der Waals surface area contributed by atoms with E-state index in [1.165, 1.54) is 39.7 Å². The van der Waals surface area contributed by atoms with Gasteiger partial charge in [-0.3, -0.25) is 4.79 Å². The highest BCUT2D eigenvalue weighted by Crippen LogP contribution is 2.39. The van der Waals surface area contributed by atoms with Gasteiger partial charge in [0.15, 0.2) is 0 Å². The predicted molar refractivity (Wildman–Crippen MR) is 101 cm³/mol. The van der Waals surface area contributed by atoms with Gasteiger partial charge < -0.3 is 5.32 Å². The first-order valence-corrected chi connectivity index (χ1v) is 9.79. The first-order valence-electron chi connectivity index (χ1n) is 8.16. The molecule has 1 N–H and O–H groups in total. The Hall–Kier alpha value is -2.56. The normalized spacial score (nSPS) is 12.7. The SMILES string of the molecule is Cc1nc(-c2ccc(F)cc2)sc1C(=O)Nc1sc2c(c1C#N)CCC2. The molecule has 0 bridgehead atoms. The summed E-state index contributed by atoms with van der Waals surface area (Å²) in [7, 11) is 0. The number of carbonyl (C=O) groups excluding carboxylic acids is 1. The van der Waals surface area contributed by atoms with Gasteiger partial charge in [0.2, 0.25) is 0 Å². The molecule has 0 radical (unpaired) electrons. The topological polar surface area (TPSA) is 65.8 Å². The number of aromatic nitrogens is 1. The molecule has 0 saturated heterocycles. The number of carbonyl (C=O) groups is 1. The Labute approximate surface area is 157 Å². The number of hydrogen-bond donors (Lipinski definition) is 1.